The van der Waals surface area contributed by atoms with Gasteiger partial charge in [-0.2, -0.15) is 0 Å². The van der Waals surface area contributed by atoms with Gasteiger partial charge in [0.25, 0.3) is 0 Å². The van der Waals surface area contributed by atoms with E-state index in [1.165, 1.54) is 0 Å². The SMILES string of the molecule is CS(=O)(=O)CC(O)Cc1ccc(I)cc1. The molecule has 0 fully saturated rings. The maximum absolute atomic E-state index is 10.9. The van der Waals surface area contributed by atoms with Crippen molar-refractivity contribution in [2.24, 2.45) is 0 Å². The van der Waals surface area contributed by atoms with Gasteiger partial charge in [0.05, 0.1) is 11.9 Å². The van der Waals surface area contributed by atoms with Crippen molar-refractivity contribution in [1.29, 1.82) is 0 Å². The van der Waals surface area contributed by atoms with Crippen LogP contribution in [-0.4, -0.2) is 31.6 Å². The Balaban J connectivity index is 2.59. The molecule has 0 aliphatic heterocycles. The summed E-state index contributed by atoms with van der Waals surface area (Å²) in [4.78, 5) is 0. The van der Waals surface area contributed by atoms with Crippen LogP contribution < -0.4 is 0 Å². The molecule has 1 atom stereocenters. The molecule has 3 nitrogen and oxygen atoms in total. The van der Waals surface area contributed by atoms with Crippen molar-refractivity contribution in [3.8, 4) is 0 Å². The van der Waals surface area contributed by atoms with Crippen LogP contribution in [0, 0.1) is 3.57 Å². The molecule has 0 saturated heterocycles. The van der Waals surface area contributed by atoms with Crippen LogP contribution in [-0.2, 0) is 16.3 Å². The van der Waals surface area contributed by atoms with Crippen LogP contribution in [0.1, 0.15) is 5.56 Å². The number of aliphatic hydroxyl groups is 1. The van der Waals surface area contributed by atoms with E-state index in [4.69, 9.17) is 0 Å². The summed E-state index contributed by atoms with van der Waals surface area (Å²) in [6.45, 7) is 0. The van der Waals surface area contributed by atoms with Crippen molar-refractivity contribution in [2.75, 3.05) is 12.0 Å². The number of benzene rings is 1. The van der Waals surface area contributed by atoms with Gasteiger partial charge in [0.1, 0.15) is 9.84 Å². The Morgan fingerprint density at radius 1 is 1.33 bits per heavy atom. The second kappa shape index (κ2) is 5.27. The number of rotatable bonds is 4. The van der Waals surface area contributed by atoms with Gasteiger partial charge >= 0.3 is 0 Å². The first kappa shape index (κ1) is 12.9. The number of hydrogen-bond donors (Lipinski definition) is 1. The highest BCUT2D eigenvalue weighted by atomic mass is 127. The lowest BCUT2D eigenvalue weighted by Crippen LogP contribution is -2.21. The summed E-state index contributed by atoms with van der Waals surface area (Å²) in [6.07, 6.45) is 0.689. The van der Waals surface area contributed by atoms with Gasteiger partial charge in [-0.15, -0.1) is 0 Å². The maximum atomic E-state index is 10.9. The molecule has 0 bridgehead atoms. The van der Waals surface area contributed by atoms with E-state index in [9.17, 15) is 13.5 Å². The average Bonchev–Trinajstić information content (AvgIpc) is 2.05. The molecule has 1 unspecified atom stereocenters. The minimum Gasteiger partial charge on any atom is -0.392 e. The fourth-order valence-corrected chi connectivity index (χ4v) is 2.48. The molecule has 84 valence electrons. The molecule has 1 N–H and O–H groups in total. The summed E-state index contributed by atoms with van der Waals surface area (Å²) in [5.74, 6) is -0.182. The predicted molar refractivity (Wildman–Crippen MR) is 68.6 cm³/mol. The third-order valence-electron chi connectivity index (χ3n) is 1.88. The van der Waals surface area contributed by atoms with Crippen LogP contribution in [0.25, 0.3) is 0 Å². The van der Waals surface area contributed by atoms with Crippen LogP contribution >= 0.6 is 22.6 Å². The highest BCUT2D eigenvalue weighted by Crippen LogP contribution is 2.09. The molecule has 1 aromatic carbocycles. The molecular formula is C10H13IO3S. The standard InChI is InChI=1S/C10H13IO3S/c1-15(13,14)7-10(12)6-8-2-4-9(11)5-3-8/h2-5,10,12H,6-7H2,1H3. The molecule has 0 radical (unpaired) electrons. The van der Waals surface area contributed by atoms with E-state index in [2.05, 4.69) is 22.6 Å². The van der Waals surface area contributed by atoms with E-state index in [-0.39, 0.29) is 5.75 Å². The van der Waals surface area contributed by atoms with Crippen LogP contribution in [0.15, 0.2) is 24.3 Å². The summed E-state index contributed by atoms with van der Waals surface area (Å²) in [5.41, 5.74) is 0.951. The third-order valence-corrected chi connectivity index (χ3v) is 3.59. The van der Waals surface area contributed by atoms with E-state index in [0.29, 0.717) is 6.42 Å². The summed E-state index contributed by atoms with van der Waals surface area (Å²) in [6, 6.07) is 7.66. The molecular weight excluding hydrogens is 327 g/mol. The molecule has 0 aliphatic carbocycles. The van der Waals surface area contributed by atoms with Crippen molar-refractivity contribution in [2.45, 2.75) is 12.5 Å². The minimum absolute atomic E-state index is 0.182. The number of hydrogen-bond acceptors (Lipinski definition) is 3. The van der Waals surface area contributed by atoms with Gasteiger partial charge in [-0.1, -0.05) is 12.1 Å². The molecule has 5 heteroatoms. The molecule has 0 aliphatic rings. The Bertz CT molecular complexity index is 411. The van der Waals surface area contributed by atoms with Gasteiger partial charge in [-0.3, -0.25) is 0 Å². The predicted octanol–water partition coefficient (Wildman–Crippen LogP) is 1.24. The summed E-state index contributed by atoms with van der Waals surface area (Å²) >= 11 is 2.19. The Hall–Kier alpha value is -0.140. The van der Waals surface area contributed by atoms with E-state index in [1.54, 1.807) is 0 Å². The summed E-state index contributed by atoms with van der Waals surface area (Å²) in [7, 11) is -3.10. The first-order valence-corrected chi connectivity index (χ1v) is 7.61. The zero-order chi connectivity index (χ0) is 11.5. The Morgan fingerprint density at radius 2 is 1.87 bits per heavy atom. The quantitative estimate of drug-likeness (QED) is 0.839. The van der Waals surface area contributed by atoms with Crippen LogP contribution in [0.5, 0.6) is 0 Å². The topological polar surface area (TPSA) is 54.4 Å². The third kappa shape index (κ3) is 5.48. The van der Waals surface area contributed by atoms with Gasteiger partial charge in [0.2, 0.25) is 0 Å². The van der Waals surface area contributed by atoms with Gasteiger partial charge in [-0.25, -0.2) is 8.42 Å². The van der Waals surface area contributed by atoms with Crippen molar-refractivity contribution in [3.63, 3.8) is 0 Å². The lowest BCUT2D eigenvalue weighted by atomic mass is 10.1. The smallest absolute Gasteiger partial charge is 0.150 e. The molecule has 0 saturated carbocycles. The number of aliphatic hydroxyl groups excluding tert-OH is 1. The minimum atomic E-state index is -3.10. The molecule has 0 amide bonds. The van der Waals surface area contributed by atoms with Gasteiger partial charge in [-0.05, 0) is 46.7 Å². The molecule has 1 aromatic rings. The van der Waals surface area contributed by atoms with Crippen LogP contribution in [0.2, 0.25) is 0 Å². The van der Waals surface area contributed by atoms with E-state index >= 15 is 0 Å². The fraction of sp³-hybridized carbons (Fsp3) is 0.400. The van der Waals surface area contributed by atoms with Gasteiger partial charge in [0, 0.05) is 9.83 Å². The lowest BCUT2D eigenvalue weighted by molar-refractivity contribution is 0.198. The number of sulfone groups is 1. The maximum Gasteiger partial charge on any atom is 0.150 e. The fourth-order valence-electron chi connectivity index (χ4n) is 1.30. The highest BCUT2D eigenvalue weighted by Gasteiger charge is 2.12. The lowest BCUT2D eigenvalue weighted by Gasteiger charge is -2.09. The second-order valence-corrected chi connectivity index (χ2v) is 7.01. The van der Waals surface area contributed by atoms with Crippen LogP contribution in [0.4, 0.5) is 0 Å². The van der Waals surface area contributed by atoms with Crippen LogP contribution in [0.3, 0.4) is 0 Å². The zero-order valence-corrected chi connectivity index (χ0v) is 11.3. The van der Waals surface area contributed by atoms with Crippen molar-refractivity contribution < 1.29 is 13.5 Å². The zero-order valence-electron chi connectivity index (χ0n) is 8.35. The number of halogens is 1. The Labute approximate surface area is 104 Å². The summed E-state index contributed by atoms with van der Waals surface area (Å²) < 4.78 is 23.0. The van der Waals surface area contributed by atoms with E-state index in [1.807, 2.05) is 24.3 Å². The second-order valence-electron chi connectivity index (χ2n) is 3.58. The first-order valence-electron chi connectivity index (χ1n) is 4.47. The molecule has 0 aromatic heterocycles. The van der Waals surface area contributed by atoms with Gasteiger partial charge < -0.3 is 5.11 Å². The van der Waals surface area contributed by atoms with Crippen molar-refractivity contribution in [3.05, 3.63) is 33.4 Å². The molecule has 0 spiro atoms. The molecule has 1 rings (SSSR count). The Kier molecular flexibility index (Phi) is 4.54. The largest absolute Gasteiger partial charge is 0.392 e. The van der Waals surface area contributed by atoms with Crippen molar-refractivity contribution >= 4 is 32.4 Å². The highest BCUT2D eigenvalue weighted by molar-refractivity contribution is 14.1. The first-order chi connectivity index (χ1) is 6.87. The van der Waals surface area contributed by atoms with Gasteiger partial charge in [0.15, 0.2) is 0 Å². The summed E-state index contributed by atoms with van der Waals surface area (Å²) in [5, 5.41) is 9.53. The molecule has 0 heterocycles. The Morgan fingerprint density at radius 3 is 2.33 bits per heavy atom. The normalized spacial score (nSPS) is 13.8. The van der Waals surface area contributed by atoms with E-state index < -0.39 is 15.9 Å². The average molecular weight is 340 g/mol. The van der Waals surface area contributed by atoms with E-state index in [0.717, 1.165) is 15.4 Å². The molecule has 15 heavy (non-hydrogen) atoms. The monoisotopic (exact) mass is 340 g/mol. The van der Waals surface area contributed by atoms with Crippen molar-refractivity contribution in [1.82, 2.24) is 0 Å².